The number of Topliss-reactive ketones (excluding diaryl/α,β-unsaturated/α-hetero) is 1. The van der Waals surface area contributed by atoms with Gasteiger partial charge in [-0.1, -0.05) is 5.57 Å². The first kappa shape index (κ1) is 13.2. The van der Waals surface area contributed by atoms with E-state index in [0.29, 0.717) is 0 Å². The molecule has 4 heteroatoms. The van der Waals surface area contributed by atoms with Crippen LogP contribution in [0.1, 0.15) is 13.8 Å². The van der Waals surface area contributed by atoms with E-state index in [9.17, 15) is 9.59 Å². The second-order valence-corrected chi connectivity index (χ2v) is 1.69. The van der Waals surface area contributed by atoms with E-state index in [1.165, 1.54) is 6.92 Å². The molecule has 0 aliphatic rings. The van der Waals surface area contributed by atoms with Gasteiger partial charge in [0, 0.05) is 21.1 Å². The number of esters is 1. The Bertz CT molecular complexity index is 175. The first-order chi connectivity index (χ1) is 4.59. The maximum atomic E-state index is 10.6. The van der Waals surface area contributed by atoms with Crippen LogP contribution >= 0.6 is 0 Å². The topological polar surface area (TPSA) is 43.4 Å². The molecule has 0 aromatic rings. The maximum absolute atomic E-state index is 10.6. The molecule has 0 atom stereocenters. The molecule has 0 heterocycles. The quantitative estimate of drug-likeness (QED) is 0.249. The van der Waals surface area contributed by atoms with Gasteiger partial charge in [0.05, 0.1) is 12.4 Å². The maximum Gasteiger partial charge on any atom is 0.222 e. The van der Waals surface area contributed by atoms with Gasteiger partial charge in [-0.15, -0.1) is 0 Å². The number of hydrogen-bond acceptors (Lipinski definition) is 3. The van der Waals surface area contributed by atoms with Gasteiger partial charge in [-0.25, -0.2) is 6.58 Å². The smallest absolute Gasteiger partial charge is 0.222 e. The van der Waals surface area contributed by atoms with Crippen molar-refractivity contribution in [2.24, 2.45) is 0 Å². The first-order valence-corrected chi connectivity index (χ1v) is 2.90. The van der Waals surface area contributed by atoms with Crippen LogP contribution in [0, 0.1) is 6.58 Å². The molecule has 0 bridgehead atoms. The van der Waals surface area contributed by atoms with Gasteiger partial charge in [0.1, 0.15) is 0 Å². The van der Waals surface area contributed by atoms with Crippen molar-refractivity contribution in [2.45, 2.75) is 13.8 Å². The number of ether oxygens (including phenoxy) is 1. The summed E-state index contributed by atoms with van der Waals surface area (Å²) in [4.78, 5) is 21.0. The Hall–Kier alpha value is -0.432. The van der Waals surface area contributed by atoms with Crippen LogP contribution in [0.15, 0.2) is 5.57 Å². The zero-order valence-electron chi connectivity index (χ0n) is 6.42. The summed E-state index contributed by atoms with van der Waals surface area (Å²) in [6, 6.07) is 0. The molecule has 0 amide bonds. The minimum atomic E-state index is -0.741. The largest absolute Gasteiger partial charge is 0.519 e. The van der Waals surface area contributed by atoms with Crippen molar-refractivity contribution < 1.29 is 35.4 Å². The van der Waals surface area contributed by atoms with Gasteiger partial charge in [-0.3, -0.25) is 0 Å². The van der Waals surface area contributed by atoms with E-state index in [0.717, 1.165) is 0 Å². The molecule has 0 spiro atoms. The average molecular weight is 325 g/mol. The van der Waals surface area contributed by atoms with E-state index in [-0.39, 0.29) is 33.2 Å². The fourth-order valence-electron chi connectivity index (χ4n) is 0.353. The van der Waals surface area contributed by atoms with Crippen LogP contribution in [0.4, 0.5) is 0 Å². The van der Waals surface area contributed by atoms with Crippen molar-refractivity contribution in [3.63, 3.8) is 0 Å². The third kappa shape index (κ3) is 4.91. The second kappa shape index (κ2) is 6.29. The van der Waals surface area contributed by atoms with Gasteiger partial charge in [0.15, 0.2) is 0 Å². The number of ketones is 1. The van der Waals surface area contributed by atoms with Crippen LogP contribution in [0.2, 0.25) is 0 Å². The summed E-state index contributed by atoms with van der Waals surface area (Å²) in [5, 5.41) is 0. The molecule has 0 saturated carbocycles. The Morgan fingerprint density at radius 3 is 2.18 bits per heavy atom. The molecule has 11 heavy (non-hydrogen) atoms. The van der Waals surface area contributed by atoms with E-state index >= 15 is 0 Å². The molecular formula is C7H9O3W-. The van der Waals surface area contributed by atoms with Gasteiger partial charge >= 0.3 is 0 Å². The molecule has 0 rings (SSSR count). The van der Waals surface area contributed by atoms with Crippen molar-refractivity contribution in [1.29, 1.82) is 0 Å². The van der Waals surface area contributed by atoms with Crippen molar-refractivity contribution in [1.82, 2.24) is 0 Å². The van der Waals surface area contributed by atoms with Gasteiger partial charge in [-0.2, -0.15) is 0 Å². The molecule has 0 saturated heterocycles. The average Bonchev–Trinajstić information content (AvgIpc) is 1.87. The van der Waals surface area contributed by atoms with E-state index in [4.69, 9.17) is 6.58 Å². The van der Waals surface area contributed by atoms with Crippen LogP contribution in [0.3, 0.4) is 0 Å². The standard InChI is InChI=1S/C7H9O3.W/c1-4-10-7(9)5(2)6(3)8;/h2H,4H2,1,3H3;/q-1;. The molecule has 0 fully saturated rings. The first-order valence-electron chi connectivity index (χ1n) is 2.90. The van der Waals surface area contributed by atoms with Gasteiger partial charge in [0.25, 0.3) is 0 Å². The summed E-state index contributed by atoms with van der Waals surface area (Å²) in [6.45, 7) is 8.13. The molecular weight excluding hydrogens is 316 g/mol. The van der Waals surface area contributed by atoms with E-state index < -0.39 is 11.8 Å². The number of hydrogen-bond donors (Lipinski definition) is 0. The van der Waals surface area contributed by atoms with Crippen molar-refractivity contribution in [2.75, 3.05) is 6.61 Å². The Kier molecular flexibility index (Phi) is 7.54. The minimum Gasteiger partial charge on any atom is -0.519 e. The van der Waals surface area contributed by atoms with Crippen LogP contribution in [-0.2, 0) is 35.4 Å². The van der Waals surface area contributed by atoms with E-state index in [1.807, 2.05) is 0 Å². The normalized spacial score (nSPS) is 7.82. The van der Waals surface area contributed by atoms with Crippen molar-refractivity contribution in [3.05, 3.63) is 12.2 Å². The SMILES string of the molecule is [CH-]=C(C(C)=O)C(=O)OCC.[W]. The summed E-state index contributed by atoms with van der Waals surface area (Å²) >= 11 is 0. The van der Waals surface area contributed by atoms with Crippen molar-refractivity contribution >= 4 is 11.8 Å². The summed E-state index contributed by atoms with van der Waals surface area (Å²) in [6.07, 6.45) is 0. The summed E-state index contributed by atoms with van der Waals surface area (Å²) in [7, 11) is 0. The molecule has 0 aromatic heterocycles. The summed E-state index contributed by atoms with van der Waals surface area (Å²) in [5.41, 5.74) is -0.346. The van der Waals surface area contributed by atoms with E-state index in [1.54, 1.807) is 6.92 Å². The Balaban J connectivity index is 0. The third-order valence-corrected chi connectivity index (χ3v) is 0.875. The molecule has 0 aliphatic carbocycles. The molecule has 0 aromatic carbocycles. The van der Waals surface area contributed by atoms with Gasteiger partial charge < -0.3 is 14.3 Å². The zero-order valence-corrected chi connectivity index (χ0v) is 9.35. The van der Waals surface area contributed by atoms with Crippen LogP contribution in [-0.4, -0.2) is 18.4 Å². The Morgan fingerprint density at radius 1 is 1.45 bits per heavy atom. The monoisotopic (exact) mass is 325 g/mol. The predicted octanol–water partition coefficient (Wildman–Crippen LogP) is 0.495. The fourth-order valence-corrected chi connectivity index (χ4v) is 0.353. The minimum absolute atomic E-state index is 0. The molecule has 0 unspecified atom stereocenters. The van der Waals surface area contributed by atoms with Crippen LogP contribution < -0.4 is 0 Å². The van der Waals surface area contributed by atoms with Gasteiger partial charge in [-0.05, 0) is 13.8 Å². The van der Waals surface area contributed by atoms with Gasteiger partial charge in [0.2, 0.25) is 5.97 Å². The van der Waals surface area contributed by atoms with Crippen LogP contribution in [0.5, 0.6) is 0 Å². The molecule has 3 nitrogen and oxygen atoms in total. The molecule has 62 valence electrons. The number of carbonyl (C=O) groups excluding carboxylic acids is 2. The van der Waals surface area contributed by atoms with E-state index in [2.05, 4.69) is 4.74 Å². The molecule has 0 radical (unpaired) electrons. The Morgan fingerprint density at radius 2 is 1.91 bits per heavy atom. The van der Waals surface area contributed by atoms with Crippen molar-refractivity contribution in [3.8, 4) is 0 Å². The summed E-state index contributed by atoms with van der Waals surface area (Å²) in [5.74, 6) is -1.20. The summed E-state index contributed by atoms with van der Waals surface area (Å²) < 4.78 is 4.44. The predicted molar refractivity (Wildman–Crippen MR) is 35.1 cm³/mol. The molecule has 0 N–H and O–H groups in total. The number of carbonyl (C=O) groups is 2. The fraction of sp³-hybridized carbons (Fsp3) is 0.429. The second-order valence-electron chi connectivity index (χ2n) is 1.69. The number of rotatable bonds is 3. The van der Waals surface area contributed by atoms with Crippen LogP contribution in [0.25, 0.3) is 0 Å². The Labute approximate surface area is 80.1 Å². The zero-order chi connectivity index (χ0) is 8.15. The molecule has 0 aliphatic heterocycles. The third-order valence-electron chi connectivity index (χ3n) is 0.875.